The van der Waals surface area contributed by atoms with Gasteiger partial charge in [-0.3, -0.25) is 4.79 Å². The highest BCUT2D eigenvalue weighted by Crippen LogP contribution is 2.26. The third-order valence-corrected chi connectivity index (χ3v) is 2.30. The second-order valence-electron chi connectivity index (χ2n) is 3.44. The van der Waals surface area contributed by atoms with Crippen molar-refractivity contribution in [2.24, 2.45) is 0 Å². The van der Waals surface area contributed by atoms with Gasteiger partial charge in [0.25, 0.3) is 0 Å². The first-order chi connectivity index (χ1) is 6.40. The summed E-state index contributed by atoms with van der Waals surface area (Å²) >= 11 is 0. The van der Waals surface area contributed by atoms with Gasteiger partial charge in [-0.05, 0) is 18.4 Å². The average Bonchev–Trinajstić information content (AvgIpc) is 2.99. The van der Waals surface area contributed by atoms with E-state index in [9.17, 15) is 4.79 Å². The lowest BCUT2D eigenvalue weighted by Gasteiger charge is -2.14. The molecule has 13 heavy (non-hydrogen) atoms. The summed E-state index contributed by atoms with van der Waals surface area (Å²) < 4.78 is 0. The first-order valence-corrected chi connectivity index (χ1v) is 4.58. The van der Waals surface area contributed by atoms with Crippen LogP contribution < -0.4 is 0 Å². The van der Waals surface area contributed by atoms with Crippen molar-refractivity contribution in [3.8, 4) is 0 Å². The normalized spacial score (nSPS) is 15.4. The number of amides is 1. The number of rotatable bonds is 4. The minimum absolute atomic E-state index is 0.456. The number of benzene rings is 1. The van der Waals surface area contributed by atoms with Crippen molar-refractivity contribution in [3.05, 3.63) is 35.9 Å². The van der Waals surface area contributed by atoms with Crippen molar-refractivity contribution in [3.63, 3.8) is 0 Å². The zero-order valence-corrected chi connectivity index (χ0v) is 7.44. The Hall–Kier alpha value is -1.31. The molecule has 0 bridgehead atoms. The Bertz CT molecular complexity index is 279. The lowest BCUT2D eigenvalue weighted by atomic mass is 10.2. The molecule has 0 atom stereocenters. The molecule has 1 amide bonds. The van der Waals surface area contributed by atoms with Crippen molar-refractivity contribution >= 4 is 6.41 Å². The van der Waals surface area contributed by atoms with Crippen LogP contribution in [-0.4, -0.2) is 17.4 Å². The van der Waals surface area contributed by atoms with E-state index in [-0.39, 0.29) is 0 Å². The number of nitrogens with zero attached hydrogens (tertiary/aromatic N) is 1. The molecule has 1 aliphatic carbocycles. The molecule has 1 fully saturated rings. The topological polar surface area (TPSA) is 20.3 Å². The summed E-state index contributed by atoms with van der Waals surface area (Å²) in [5.41, 5.74) is 1.18. The Balaban J connectivity index is 1.99. The van der Waals surface area contributed by atoms with Crippen LogP contribution >= 0.6 is 0 Å². The van der Waals surface area contributed by atoms with Crippen LogP contribution in [0.5, 0.6) is 0 Å². The summed E-state index contributed by atoms with van der Waals surface area (Å²) in [6, 6.07) is 10.5. The fourth-order valence-corrected chi connectivity index (χ4v) is 1.40. The highest BCUT2D eigenvalue weighted by atomic mass is 16.1. The molecule has 0 aliphatic heterocycles. The molecule has 2 nitrogen and oxygen atoms in total. The number of hydrogen-bond donors (Lipinski definition) is 0. The van der Waals surface area contributed by atoms with E-state index in [0.717, 1.165) is 12.8 Å². The maximum absolute atomic E-state index is 10.6. The van der Waals surface area contributed by atoms with Gasteiger partial charge in [-0.15, -0.1) is 0 Å². The van der Waals surface area contributed by atoms with Gasteiger partial charge in [-0.1, -0.05) is 30.3 Å². The largest absolute Gasteiger partial charge is 0.327 e. The van der Waals surface area contributed by atoms with Crippen LogP contribution in [0.3, 0.4) is 0 Å². The first kappa shape index (κ1) is 8.30. The summed E-state index contributed by atoms with van der Waals surface area (Å²) in [5.74, 6) is 0. The number of carbonyl (C=O) groups excluding carboxylic acids is 1. The molecule has 0 saturated heterocycles. The molecule has 1 aliphatic rings. The zero-order chi connectivity index (χ0) is 9.10. The van der Waals surface area contributed by atoms with Crippen molar-refractivity contribution in [2.75, 3.05) is 0 Å². The van der Waals surface area contributed by atoms with E-state index in [0.29, 0.717) is 12.6 Å². The standard InChI is InChI=1S/C11H12NO/c13-9-12(11-6-7-11)8-10-4-2-1-3-5-10/h1-5,11H,6-8H2. The van der Waals surface area contributed by atoms with Gasteiger partial charge in [-0.2, -0.15) is 0 Å². The minimum atomic E-state index is 0.456. The lowest BCUT2D eigenvalue weighted by molar-refractivity contribution is 0.365. The Kier molecular flexibility index (Phi) is 2.30. The first-order valence-electron chi connectivity index (χ1n) is 4.58. The van der Waals surface area contributed by atoms with Gasteiger partial charge in [0.1, 0.15) is 0 Å². The third-order valence-electron chi connectivity index (χ3n) is 2.30. The minimum Gasteiger partial charge on any atom is -0.327 e. The van der Waals surface area contributed by atoms with Crippen LogP contribution in [0.1, 0.15) is 18.4 Å². The smallest absolute Gasteiger partial charge is 0.312 e. The van der Waals surface area contributed by atoms with Crippen molar-refractivity contribution in [2.45, 2.75) is 25.4 Å². The molecule has 0 aromatic heterocycles. The quantitative estimate of drug-likeness (QED) is 0.636. The number of hydrogen-bond acceptors (Lipinski definition) is 1. The van der Waals surface area contributed by atoms with Gasteiger partial charge in [0, 0.05) is 12.6 Å². The van der Waals surface area contributed by atoms with Gasteiger partial charge in [0.15, 0.2) is 0 Å². The van der Waals surface area contributed by atoms with Crippen molar-refractivity contribution < 1.29 is 4.79 Å². The third kappa shape index (κ3) is 2.08. The van der Waals surface area contributed by atoms with Crippen LogP contribution in [0.15, 0.2) is 30.3 Å². The average molecular weight is 174 g/mol. The fraction of sp³-hybridized carbons (Fsp3) is 0.364. The molecule has 1 saturated carbocycles. The van der Waals surface area contributed by atoms with E-state index < -0.39 is 0 Å². The van der Waals surface area contributed by atoms with Crippen LogP contribution in [0.25, 0.3) is 0 Å². The van der Waals surface area contributed by atoms with Crippen LogP contribution in [0.4, 0.5) is 0 Å². The molecule has 67 valence electrons. The maximum Gasteiger partial charge on any atom is 0.312 e. The SMILES string of the molecule is O=[C]N(Cc1ccccc1)C1CC1. The molecule has 1 aromatic carbocycles. The van der Waals surface area contributed by atoms with E-state index >= 15 is 0 Å². The van der Waals surface area contributed by atoms with Gasteiger partial charge < -0.3 is 4.90 Å². The molecular formula is C11H12NO. The van der Waals surface area contributed by atoms with E-state index in [1.807, 2.05) is 36.7 Å². The Morgan fingerprint density at radius 3 is 2.54 bits per heavy atom. The van der Waals surface area contributed by atoms with E-state index in [2.05, 4.69) is 0 Å². The molecule has 1 aromatic rings. The summed E-state index contributed by atoms with van der Waals surface area (Å²) in [4.78, 5) is 12.4. The van der Waals surface area contributed by atoms with Gasteiger partial charge in [0.2, 0.25) is 0 Å². The highest BCUT2D eigenvalue weighted by molar-refractivity contribution is 5.50. The van der Waals surface area contributed by atoms with Gasteiger partial charge in [-0.25, -0.2) is 0 Å². The molecule has 0 spiro atoms. The van der Waals surface area contributed by atoms with E-state index in [4.69, 9.17) is 0 Å². The molecule has 0 N–H and O–H groups in total. The molecule has 1 radical (unpaired) electrons. The van der Waals surface area contributed by atoms with Crippen molar-refractivity contribution in [1.29, 1.82) is 0 Å². The van der Waals surface area contributed by atoms with Gasteiger partial charge >= 0.3 is 6.41 Å². The van der Waals surface area contributed by atoms with E-state index in [1.54, 1.807) is 4.90 Å². The Morgan fingerprint density at radius 1 is 1.31 bits per heavy atom. The Labute approximate surface area is 78.2 Å². The summed E-state index contributed by atoms with van der Waals surface area (Å²) in [7, 11) is 0. The second-order valence-corrected chi connectivity index (χ2v) is 3.44. The van der Waals surface area contributed by atoms with Gasteiger partial charge in [0.05, 0.1) is 0 Å². The van der Waals surface area contributed by atoms with Crippen LogP contribution in [-0.2, 0) is 11.3 Å². The van der Waals surface area contributed by atoms with E-state index in [1.165, 1.54) is 5.56 Å². The van der Waals surface area contributed by atoms with Crippen LogP contribution in [0, 0.1) is 0 Å². The zero-order valence-electron chi connectivity index (χ0n) is 7.44. The molecule has 0 unspecified atom stereocenters. The molecule has 2 rings (SSSR count). The second kappa shape index (κ2) is 3.60. The summed E-state index contributed by atoms with van der Waals surface area (Å²) in [6.45, 7) is 0.703. The monoisotopic (exact) mass is 174 g/mol. The Morgan fingerprint density at radius 2 is 2.00 bits per heavy atom. The summed E-state index contributed by atoms with van der Waals surface area (Å²) in [6.07, 6.45) is 4.28. The predicted molar refractivity (Wildman–Crippen MR) is 50.7 cm³/mol. The molecule has 2 heteroatoms. The lowest BCUT2D eigenvalue weighted by Crippen LogP contribution is -2.23. The highest BCUT2D eigenvalue weighted by Gasteiger charge is 2.28. The fourth-order valence-electron chi connectivity index (χ4n) is 1.40. The summed E-state index contributed by atoms with van der Waals surface area (Å²) in [5, 5.41) is 0. The molecule has 0 heterocycles. The van der Waals surface area contributed by atoms with Crippen LogP contribution in [0.2, 0.25) is 0 Å². The predicted octanol–water partition coefficient (Wildman–Crippen LogP) is 1.72. The molecular weight excluding hydrogens is 162 g/mol. The maximum atomic E-state index is 10.6. The van der Waals surface area contributed by atoms with Crippen molar-refractivity contribution in [1.82, 2.24) is 4.90 Å².